The third-order valence-corrected chi connectivity index (χ3v) is 5.20. The molecule has 1 aliphatic heterocycles. The number of hydrogen-bond acceptors (Lipinski definition) is 5. The summed E-state index contributed by atoms with van der Waals surface area (Å²) in [7, 11) is 1.55. The van der Waals surface area contributed by atoms with E-state index in [1.807, 2.05) is 7.05 Å². The van der Waals surface area contributed by atoms with Gasteiger partial charge >= 0.3 is 7.12 Å². The van der Waals surface area contributed by atoms with Crippen molar-refractivity contribution >= 4 is 39.3 Å². The van der Waals surface area contributed by atoms with Gasteiger partial charge in [-0.3, -0.25) is 0 Å². The average Bonchev–Trinajstić information content (AvgIpc) is 2.87. The molecule has 1 fully saturated rings. The minimum absolute atomic E-state index is 0.315. The molecule has 20 heavy (non-hydrogen) atoms. The Morgan fingerprint density at radius 1 is 1.15 bits per heavy atom. The molecule has 0 amide bonds. The number of aromatic nitrogens is 1. The molecule has 2 heterocycles. The summed E-state index contributed by atoms with van der Waals surface area (Å²) in [6.07, 6.45) is 0. The fraction of sp³-hybridized carbons (Fsp3) is 0.500. The van der Waals surface area contributed by atoms with Crippen molar-refractivity contribution in [3.63, 3.8) is 0 Å². The van der Waals surface area contributed by atoms with Gasteiger partial charge in [0.1, 0.15) is 0 Å². The summed E-state index contributed by atoms with van der Waals surface area (Å²) in [5, 5.41) is 4.00. The van der Waals surface area contributed by atoms with Crippen LogP contribution < -0.4 is 10.8 Å². The molecule has 106 valence electrons. The van der Waals surface area contributed by atoms with Crippen molar-refractivity contribution in [1.82, 2.24) is 4.98 Å². The number of benzene rings is 1. The van der Waals surface area contributed by atoms with E-state index in [2.05, 4.69) is 56.2 Å². The van der Waals surface area contributed by atoms with Crippen LogP contribution in [-0.2, 0) is 9.31 Å². The number of nitrogens with one attached hydrogen (secondary N) is 1. The van der Waals surface area contributed by atoms with E-state index in [9.17, 15) is 0 Å². The first-order valence-electron chi connectivity index (χ1n) is 6.76. The van der Waals surface area contributed by atoms with Crippen molar-refractivity contribution in [2.75, 3.05) is 12.4 Å². The van der Waals surface area contributed by atoms with E-state index >= 15 is 0 Å². The molecular formula is C14H19BN2O2S. The predicted molar refractivity (Wildman–Crippen MR) is 84.9 cm³/mol. The van der Waals surface area contributed by atoms with Crippen molar-refractivity contribution in [2.45, 2.75) is 38.9 Å². The Kier molecular flexibility index (Phi) is 3.08. The number of hydrogen-bond donors (Lipinski definition) is 1. The zero-order valence-electron chi connectivity index (χ0n) is 12.5. The maximum absolute atomic E-state index is 6.07. The van der Waals surface area contributed by atoms with Gasteiger partial charge in [-0.15, -0.1) is 0 Å². The van der Waals surface area contributed by atoms with Crippen molar-refractivity contribution in [1.29, 1.82) is 0 Å². The molecule has 4 nitrogen and oxygen atoms in total. The van der Waals surface area contributed by atoms with Crippen LogP contribution in [-0.4, -0.2) is 30.4 Å². The molecule has 6 heteroatoms. The van der Waals surface area contributed by atoms with Gasteiger partial charge in [0.2, 0.25) is 0 Å². The standard InChI is InChI=1S/C14H19BN2O2S/c1-13(2)14(3,4)19-15(18-13)9-6-7-11-10(8-9)17-12(16-5)20-11/h6-8H,1-5H3,(H,16,17). The summed E-state index contributed by atoms with van der Waals surface area (Å²) in [6.45, 7) is 8.25. The van der Waals surface area contributed by atoms with Gasteiger partial charge in [-0.1, -0.05) is 17.4 Å². The highest BCUT2D eigenvalue weighted by Crippen LogP contribution is 2.36. The van der Waals surface area contributed by atoms with E-state index < -0.39 is 0 Å². The van der Waals surface area contributed by atoms with Crippen molar-refractivity contribution in [3.8, 4) is 0 Å². The van der Waals surface area contributed by atoms with E-state index in [1.165, 1.54) is 0 Å². The molecule has 3 rings (SSSR count). The molecule has 1 aliphatic rings. The summed E-state index contributed by atoms with van der Waals surface area (Å²) < 4.78 is 13.3. The zero-order chi connectivity index (χ0) is 14.5. The van der Waals surface area contributed by atoms with Crippen molar-refractivity contribution < 1.29 is 9.31 Å². The third-order valence-electron chi connectivity index (χ3n) is 4.15. The Balaban J connectivity index is 1.95. The Bertz CT molecular complexity index is 638. The molecule has 0 bridgehead atoms. The van der Waals surface area contributed by atoms with E-state index in [0.29, 0.717) is 0 Å². The fourth-order valence-electron chi connectivity index (χ4n) is 2.18. The predicted octanol–water partition coefficient (Wildman–Crippen LogP) is 2.64. The molecule has 2 aromatic rings. The van der Waals surface area contributed by atoms with Gasteiger partial charge in [-0.05, 0) is 45.3 Å². The SMILES string of the molecule is CNc1nc2cc(B3OC(C)(C)C(C)(C)O3)ccc2s1. The molecule has 0 atom stereocenters. The quantitative estimate of drug-likeness (QED) is 0.864. The normalized spacial score (nSPS) is 20.6. The molecule has 1 aromatic heterocycles. The lowest BCUT2D eigenvalue weighted by Gasteiger charge is -2.32. The summed E-state index contributed by atoms with van der Waals surface area (Å²) in [5.41, 5.74) is 1.37. The zero-order valence-corrected chi connectivity index (χ0v) is 13.3. The van der Waals surface area contributed by atoms with E-state index in [-0.39, 0.29) is 18.3 Å². The van der Waals surface area contributed by atoms with Gasteiger partial charge in [0, 0.05) is 7.05 Å². The van der Waals surface area contributed by atoms with Crippen LogP contribution in [0.3, 0.4) is 0 Å². The Labute approximate surface area is 123 Å². The van der Waals surface area contributed by atoms with Gasteiger partial charge in [0.05, 0.1) is 21.4 Å². The Morgan fingerprint density at radius 3 is 2.40 bits per heavy atom. The molecule has 0 aliphatic carbocycles. The molecule has 0 unspecified atom stereocenters. The average molecular weight is 290 g/mol. The van der Waals surface area contributed by atoms with Gasteiger partial charge in [0.25, 0.3) is 0 Å². The Morgan fingerprint density at radius 2 is 1.80 bits per heavy atom. The highest BCUT2D eigenvalue weighted by Gasteiger charge is 2.51. The second kappa shape index (κ2) is 4.45. The lowest BCUT2D eigenvalue weighted by Crippen LogP contribution is -2.41. The van der Waals surface area contributed by atoms with Crippen LogP contribution in [0.2, 0.25) is 0 Å². The number of fused-ring (bicyclic) bond motifs is 1. The van der Waals surface area contributed by atoms with Crippen molar-refractivity contribution in [3.05, 3.63) is 18.2 Å². The van der Waals surface area contributed by atoms with E-state index in [0.717, 1.165) is 20.8 Å². The maximum atomic E-state index is 6.07. The first-order valence-corrected chi connectivity index (χ1v) is 7.58. The van der Waals surface area contributed by atoms with Crippen LogP contribution in [0.4, 0.5) is 5.13 Å². The van der Waals surface area contributed by atoms with Crippen molar-refractivity contribution in [2.24, 2.45) is 0 Å². The first-order chi connectivity index (χ1) is 9.32. The molecule has 0 radical (unpaired) electrons. The minimum Gasteiger partial charge on any atom is -0.399 e. The fourth-order valence-corrected chi connectivity index (χ4v) is 2.98. The minimum atomic E-state index is -0.330. The van der Waals surface area contributed by atoms with E-state index in [4.69, 9.17) is 9.31 Å². The van der Waals surface area contributed by atoms with Crippen LogP contribution in [0.5, 0.6) is 0 Å². The monoisotopic (exact) mass is 290 g/mol. The van der Waals surface area contributed by atoms with Gasteiger partial charge in [-0.25, -0.2) is 4.98 Å². The second-order valence-electron chi connectivity index (χ2n) is 6.08. The molecule has 1 N–H and O–H groups in total. The first kappa shape index (κ1) is 13.9. The lowest BCUT2D eigenvalue weighted by atomic mass is 9.79. The van der Waals surface area contributed by atoms with Crippen LogP contribution >= 0.6 is 11.3 Å². The molecule has 0 saturated carbocycles. The number of anilines is 1. The summed E-state index contributed by atoms with van der Waals surface area (Å²) in [6, 6.07) is 6.19. The summed E-state index contributed by atoms with van der Waals surface area (Å²) >= 11 is 1.64. The number of rotatable bonds is 2. The maximum Gasteiger partial charge on any atom is 0.494 e. The van der Waals surface area contributed by atoms with Gasteiger partial charge < -0.3 is 14.6 Å². The Hall–Kier alpha value is -1.11. The summed E-state index contributed by atoms with van der Waals surface area (Å²) in [4.78, 5) is 4.53. The van der Waals surface area contributed by atoms with Crippen LogP contribution in [0.1, 0.15) is 27.7 Å². The molecule has 0 spiro atoms. The van der Waals surface area contributed by atoms with Gasteiger partial charge in [0.15, 0.2) is 5.13 Å². The van der Waals surface area contributed by atoms with Crippen LogP contribution in [0.25, 0.3) is 10.2 Å². The second-order valence-corrected chi connectivity index (χ2v) is 7.12. The lowest BCUT2D eigenvalue weighted by molar-refractivity contribution is 0.00578. The largest absolute Gasteiger partial charge is 0.494 e. The highest BCUT2D eigenvalue weighted by molar-refractivity contribution is 7.22. The topological polar surface area (TPSA) is 43.4 Å². The van der Waals surface area contributed by atoms with E-state index in [1.54, 1.807) is 11.3 Å². The smallest absolute Gasteiger partial charge is 0.399 e. The van der Waals surface area contributed by atoms with Gasteiger partial charge in [-0.2, -0.15) is 0 Å². The highest BCUT2D eigenvalue weighted by atomic mass is 32.1. The van der Waals surface area contributed by atoms with Crippen LogP contribution in [0, 0.1) is 0 Å². The molecule has 1 saturated heterocycles. The molecular weight excluding hydrogens is 271 g/mol. The number of thiazole rings is 1. The molecule has 1 aromatic carbocycles. The summed E-state index contributed by atoms with van der Waals surface area (Å²) in [5.74, 6) is 0. The van der Waals surface area contributed by atoms with Crippen LogP contribution in [0.15, 0.2) is 18.2 Å². The third kappa shape index (κ3) is 2.12. The number of nitrogens with zero attached hydrogens (tertiary/aromatic N) is 1.